The van der Waals surface area contributed by atoms with E-state index in [0.29, 0.717) is 12.1 Å². The zero-order chi connectivity index (χ0) is 16.4. The Morgan fingerprint density at radius 2 is 2.09 bits per heavy atom. The first-order valence-corrected chi connectivity index (χ1v) is 8.23. The van der Waals surface area contributed by atoms with E-state index >= 15 is 0 Å². The molecule has 1 amide bonds. The maximum absolute atomic E-state index is 12.7. The van der Waals surface area contributed by atoms with E-state index in [2.05, 4.69) is 12.2 Å². The van der Waals surface area contributed by atoms with Gasteiger partial charge in [-0.2, -0.15) is 0 Å². The molecule has 2 N–H and O–H groups in total. The molecule has 1 aliphatic carbocycles. The maximum atomic E-state index is 12.7. The highest BCUT2D eigenvalue weighted by Crippen LogP contribution is 2.27. The van der Waals surface area contributed by atoms with Crippen molar-refractivity contribution in [1.29, 1.82) is 0 Å². The molecule has 0 unspecified atom stereocenters. The molecule has 2 aromatic rings. The van der Waals surface area contributed by atoms with E-state index in [9.17, 15) is 14.7 Å². The van der Waals surface area contributed by atoms with Crippen molar-refractivity contribution in [2.24, 2.45) is 5.92 Å². The van der Waals surface area contributed by atoms with Crippen molar-refractivity contribution in [3.8, 4) is 0 Å². The van der Waals surface area contributed by atoms with Crippen LogP contribution in [-0.2, 0) is 11.3 Å². The molecule has 5 heteroatoms. The number of nitrogens with zero attached hydrogens (tertiary/aromatic N) is 1. The molecule has 1 aromatic carbocycles. The molecular weight excluding hydrogens is 292 g/mol. The van der Waals surface area contributed by atoms with E-state index < -0.39 is 11.9 Å². The summed E-state index contributed by atoms with van der Waals surface area (Å²) in [6.07, 6.45) is 3.15. The number of amides is 1. The normalized spacial score (nSPS) is 20.7. The highest BCUT2D eigenvalue weighted by Gasteiger charge is 2.34. The summed E-state index contributed by atoms with van der Waals surface area (Å²) in [5.74, 6) is -1.46. The lowest BCUT2D eigenvalue weighted by Crippen LogP contribution is -2.40. The van der Waals surface area contributed by atoms with Gasteiger partial charge in [-0.05, 0) is 31.4 Å². The Balaban J connectivity index is 1.88. The fourth-order valence-corrected chi connectivity index (χ4v) is 3.53. The molecular formula is C18H22N2O3. The van der Waals surface area contributed by atoms with Crippen LogP contribution in [0.25, 0.3) is 10.9 Å². The average Bonchev–Trinajstić information content (AvgIpc) is 3.13. The van der Waals surface area contributed by atoms with Crippen LogP contribution >= 0.6 is 0 Å². The molecule has 0 aliphatic heterocycles. The largest absolute Gasteiger partial charge is 0.481 e. The van der Waals surface area contributed by atoms with Gasteiger partial charge < -0.3 is 15.0 Å². The number of benzene rings is 1. The molecule has 1 saturated carbocycles. The Bertz CT molecular complexity index is 735. The molecule has 0 radical (unpaired) electrons. The summed E-state index contributed by atoms with van der Waals surface area (Å²) in [7, 11) is 0. The number of aliphatic carboxylic acids is 1. The number of hydrogen-bond donors (Lipinski definition) is 2. The van der Waals surface area contributed by atoms with Gasteiger partial charge >= 0.3 is 5.97 Å². The number of aryl methyl sites for hydroxylation is 1. The number of para-hydroxylation sites is 1. The highest BCUT2D eigenvalue weighted by molar-refractivity contribution is 5.99. The smallest absolute Gasteiger partial charge is 0.308 e. The Morgan fingerprint density at radius 1 is 1.30 bits per heavy atom. The summed E-state index contributed by atoms with van der Waals surface area (Å²) in [6, 6.07) is 9.55. The molecule has 0 bridgehead atoms. The number of hydrogen-bond acceptors (Lipinski definition) is 2. The summed E-state index contributed by atoms with van der Waals surface area (Å²) in [5, 5.41) is 13.2. The van der Waals surface area contributed by atoms with Crippen LogP contribution in [0.4, 0.5) is 0 Å². The summed E-state index contributed by atoms with van der Waals surface area (Å²) in [6.45, 7) is 2.84. The third kappa shape index (κ3) is 2.96. The molecule has 5 nitrogen and oxygen atoms in total. The topological polar surface area (TPSA) is 71.3 Å². The summed E-state index contributed by atoms with van der Waals surface area (Å²) in [5.41, 5.74) is 1.66. The minimum Gasteiger partial charge on any atom is -0.481 e. The van der Waals surface area contributed by atoms with E-state index in [-0.39, 0.29) is 11.9 Å². The van der Waals surface area contributed by atoms with Gasteiger partial charge in [0.25, 0.3) is 5.91 Å². The molecule has 0 saturated heterocycles. The van der Waals surface area contributed by atoms with Gasteiger partial charge in [0.05, 0.1) is 5.92 Å². The lowest BCUT2D eigenvalue weighted by molar-refractivity contribution is -0.142. The SMILES string of the molecule is CCCn1c(C(=O)N[C@@H]2CCC[C@@H]2C(=O)O)cc2ccccc21. The second kappa shape index (κ2) is 6.44. The van der Waals surface area contributed by atoms with Crippen LogP contribution in [0.3, 0.4) is 0 Å². The third-order valence-corrected chi connectivity index (χ3v) is 4.64. The second-order valence-corrected chi connectivity index (χ2v) is 6.20. The van der Waals surface area contributed by atoms with Crippen LogP contribution in [0.5, 0.6) is 0 Å². The summed E-state index contributed by atoms with van der Waals surface area (Å²) in [4.78, 5) is 24.0. The predicted molar refractivity (Wildman–Crippen MR) is 88.5 cm³/mol. The van der Waals surface area contributed by atoms with E-state index in [1.54, 1.807) is 0 Å². The Labute approximate surface area is 135 Å². The van der Waals surface area contributed by atoms with Gasteiger partial charge in [0.1, 0.15) is 5.69 Å². The molecule has 3 rings (SSSR count). The van der Waals surface area contributed by atoms with Gasteiger partial charge in [-0.3, -0.25) is 9.59 Å². The molecule has 0 spiro atoms. The van der Waals surface area contributed by atoms with E-state index in [1.165, 1.54) is 0 Å². The predicted octanol–water partition coefficient (Wildman–Crippen LogP) is 3.03. The zero-order valence-electron chi connectivity index (χ0n) is 13.3. The molecule has 1 aromatic heterocycles. The lowest BCUT2D eigenvalue weighted by Gasteiger charge is -2.18. The fraction of sp³-hybridized carbons (Fsp3) is 0.444. The maximum Gasteiger partial charge on any atom is 0.308 e. The number of carboxylic acid groups (broad SMARTS) is 1. The highest BCUT2D eigenvalue weighted by atomic mass is 16.4. The van der Waals surface area contributed by atoms with E-state index in [0.717, 1.165) is 36.7 Å². The number of carbonyl (C=O) groups excluding carboxylic acids is 1. The average molecular weight is 314 g/mol. The Kier molecular flexibility index (Phi) is 4.37. The first-order chi connectivity index (χ1) is 11.1. The quantitative estimate of drug-likeness (QED) is 0.891. The molecule has 1 heterocycles. The van der Waals surface area contributed by atoms with Crippen molar-refractivity contribution in [2.75, 3.05) is 0 Å². The van der Waals surface area contributed by atoms with Crippen LogP contribution in [0.2, 0.25) is 0 Å². The molecule has 1 fully saturated rings. The third-order valence-electron chi connectivity index (χ3n) is 4.64. The van der Waals surface area contributed by atoms with Gasteiger partial charge in [-0.25, -0.2) is 0 Å². The number of rotatable bonds is 5. The molecule has 2 atom stereocenters. The molecule has 1 aliphatic rings. The van der Waals surface area contributed by atoms with Crippen LogP contribution < -0.4 is 5.32 Å². The van der Waals surface area contributed by atoms with Crippen molar-refractivity contribution >= 4 is 22.8 Å². The van der Waals surface area contributed by atoms with Crippen molar-refractivity contribution < 1.29 is 14.7 Å². The first-order valence-electron chi connectivity index (χ1n) is 8.23. The standard InChI is InChI=1S/C18H22N2O3/c1-2-10-20-15-9-4-3-6-12(15)11-16(20)17(21)19-14-8-5-7-13(14)18(22)23/h3-4,6,9,11,13-14H,2,5,7-8,10H2,1H3,(H,19,21)(H,22,23)/t13-,14+/m0/s1. The first kappa shape index (κ1) is 15.6. The number of aromatic nitrogens is 1. The number of nitrogens with one attached hydrogen (secondary N) is 1. The monoisotopic (exact) mass is 314 g/mol. The number of carboxylic acids is 1. The van der Waals surface area contributed by atoms with Gasteiger partial charge in [0.15, 0.2) is 0 Å². The molecule has 122 valence electrons. The van der Waals surface area contributed by atoms with Crippen LogP contribution in [0, 0.1) is 5.92 Å². The van der Waals surface area contributed by atoms with Crippen molar-refractivity contribution in [3.63, 3.8) is 0 Å². The molecule has 23 heavy (non-hydrogen) atoms. The Hall–Kier alpha value is -2.30. The van der Waals surface area contributed by atoms with Crippen molar-refractivity contribution in [2.45, 2.75) is 45.2 Å². The van der Waals surface area contributed by atoms with Crippen LogP contribution in [-0.4, -0.2) is 27.6 Å². The van der Waals surface area contributed by atoms with Gasteiger partial charge in [0.2, 0.25) is 0 Å². The second-order valence-electron chi connectivity index (χ2n) is 6.20. The van der Waals surface area contributed by atoms with Crippen molar-refractivity contribution in [3.05, 3.63) is 36.0 Å². The van der Waals surface area contributed by atoms with E-state index in [1.807, 2.05) is 34.9 Å². The van der Waals surface area contributed by atoms with Gasteiger partial charge in [0, 0.05) is 23.5 Å². The minimum absolute atomic E-state index is 0.173. The van der Waals surface area contributed by atoms with E-state index in [4.69, 9.17) is 0 Å². The Morgan fingerprint density at radius 3 is 2.83 bits per heavy atom. The minimum atomic E-state index is -0.818. The van der Waals surface area contributed by atoms with Crippen LogP contribution in [0.1, 0.15) is 43.1 Å². The van der Waals surface area contributed by atoms with Gasteiger partial charge in [-0.15, -0.1) is 0 Å². The fourth-order valence-electron chi connectivity index (χ4n) is 3.53. The van der Waals surface area contributed by atoms with Crippen LogP contribution in [0.15, 0.2) is 30.3 Å². The summed E-state index contributed by atoms with van der Waals surface area (Å²) < 4.78 is 2.02. The number of fused-ring (bicyclic) bond motifs is 1. The lowest BCUT2D eigenvalue weighted by atomic mass is 10.0. The van der Waals surface area contributed by atoms with Gasteiger partial charge in [-0.1, -0.05) is 31.5 Å². The summed E-state index contributed by atoms with van der Waals surface area (Å²) >= 11 is 0. The zero-order valence-corrected chi connectivity index (χ0v) is 13.3. The van der Waals surface area contributed by atoms with Crippen molar-refractivity contribution in [1.82, 2.24) is 9.88 Å². The number of carbonyl (C=O) groups is 2.